The van der Waals surface area contributed by atoms with E-state index >= 15 is 0 Å². The molecule has 0 radical (unpaired) electrons. The van der Waals surface area contributed by atoms with Gasteiger partial charge in [-0.15, -0.1) is 0 Å². The Hall–Kier alpha value is -3.21. The van der Waals surface area contributed by atoms with Crippen LogP contribution >= 0.6 is 0 Å². The minimum Gasteiger partial charge on any atom is -0.455 e. The fourth-order valence-corrected chi connectivity index (χ4v) is 6.24. The van der Waals surface area contributed by atoms with Crippen LogP contribution in [0.4, 0.5) is 5.69 Å². The van der Waals surface area contributed by atoms with Crippen LogP contribution in [0.5, 0.6) is 11.5 Å². The molecule has 0 atom stereocenters. The first-order valence-electron chi connectivity index (χ1n) is 11.8. The van der Waals surface area contributed by atoms with E-state index in [9.17, 15) is 4.79 Å². The molecule has 1 N–H and O–H groups in total. The maximum Gasteiger partial charge on any atom is 0.261 e. The molecule has 162 valence electrons. The number of nitrogens with zero attached hydrogens (tertiary/aromatic N) is 2. The molecule has 0 bridgehead atoms. The van der Waals surface area contributed by atoms with Crippen LogP contribution in [0.25, 0.3) is 22.7 Å². The van der Waals surface area contributed by atoms with Gasteiger partial charge in [0.2, 0.25) is 0 Å². The zero-order chi connectivity index (χ0) is 21.6. The molecule has 5 nitrogen and oxygen atoms in total. The van der Waals surface area contributed by atoms with Crippen molar-refractivity contribution in [3.8, 4) is 11.5 Å². The SMILES string of the molecule is CC1=c2cc3c(cc2CCN1)c1c(c(=O)n3C)=Cc2cc3c4c(c2O1)CCCN4CCC3. The Morgan fingerprint density at radius 2 is 1.84 bits per heavy atom. The summed E-state index contributed by atoms with van der Waals surface area (Å²) in [7, 11) is 1.88. The van der Waals surface area contributed by atoms with Gasteiger partial charge in [0.25, 0.3) is 5.56 Å². The molecule has 2 aromatic carbocycles. The maximum atomic E-state index is 13.4. The maximum absolute atomic E-state index is 13.4. The third-order valence-electron chi connectivity index (χ3n) is 7.80. The first-order chi connectivity index (χ1) is 15.6. The predicted octanol–water partition coefficient (Wildman–Crippen LogP) is 2.45. The van der Waals surface area contributed by atoms with Crippen molar-refractivity contribution in [2.75, 3.05) is 24.5 Å². The lowest BCUT2D eigenvalue weighted by Crippen LogP contribution is -2.38. The van der Waals surface area contributed by atoms with E-state index in [4.69, 9.17) is 4.74 Å². The number of anilines is 1. The molecule has 5 heteroatoms. The zero-order valence-corrected chi connectivity index (χ0v) is 18.7. The summed E-state index contributed by atoms with van der Waals surface area (Å²) in [6, 6.07) is 6.68. The van der Waals surface area contributed by atoms with Gasteiger partial charge in [0.05, 0.1) is 10.7 Å². The Labute approximate surface area is 186 Å². The second-order valence-electron chi connectivity index (χ2n) is 9.66. The first-order valence-corrected chi connectivity index (χ1v) is 11.8. The highest BCUT2D eigenvalue weighted by Crippen LogP contribution is 2.45. The highest BCUT2D eigenvalue weighted by molar-refractivity contribution is 5.89. The Balaban J connectivity index is 1.56. The van der Waals surface area contributed by atoms with E-state index in [0.29, 0.717) is 5.22 Å². The quantitative estimate of drug-likeness (QED) is 0.470. The third-order valence-corrected chi connectivity index (χ3v) is 7.80. The molecule has 5 heterocycles. The van der Waals surface area contributed by atoms with Crippen molar-refractivity contribution in [3.63, 3.8) is 0 Å². The average molecular weight is 426 g/mol. The molecule has 3 aromatic rings. The van der Waals surface area contributed by atoms with Crippen molar-refractivity contribution in [1.29, 1.82) is 0 Å². The lowest BCUT2D eigenvalue weighted by molar-refractivity contribution is 0.465. The van der Waals surface area contributed by atoms with Gasteiger partial charge in [0.15, 0.2) is 0 Å². The van der Waals surface area contributed by atoms with Crippen molar-refractivity contribution in [3.05, 3.63) is 61.2 Å². The average Bonchev–Trinajstić information content (AvgIpc) is 2.82. The van der Waals surface area contributed by atoms with E-state index in [1.807, 2.05) is 7.05 Å². The van der Waals surface area contributed by atoms with Crippen LogP contribution < -0.4 is 31.0 Å². The molecule has 0 spiro atoms. The number of nitrogens with one attached hydrogen (secondary N) is 1. The Bertz CT molecular complexity index is 1530. The van der Waals surface area contributed by atoms with Crippen LogP contribution in [0, 0.1) is 0 Å². The number of benzene rings is 2. The highest BCUT2D eigenvalue weighted by atomic mass is 16.5. The number of rotatable bonds is 0. The van der Waals surface area contributed by atoms with Crippen LogP contribution in [0.2, 0.25) is 0 Å². The van der Waals surface area contributed by atoms with Crippen molar-refractivity contribution >= 4 is 28.4 Å². The molecule has 7 rings (SSSR count). The molecule has 0 saturated heterocycles. The number of fused-ring (bicyclic) bond motifs is 6. The number of pyridine rings is 1. The summed E-state index contributed by atoms with van der Waals surface area (Å²) in [4.78, 5) is 16.0. The first kappa shape index (κ1) is 18.4. The summed E-state index contributed by atoms with van der Waals surface area (Å²) in [5.41, 5.74) is 8.66. The van der Waals surface area contributed by atoms with Crippen LogP contribution in [-0.2, 0) is 26.3 Å². The fraction of sp³-hybridized carbons (Fsp3) is 0.370. The normalized spacial score (nSPS) is 18.1. The van der Waals surface area contributed by atoms with Crippen LogP contribution in [0.3, 0.4) is 0 Å². The monoisotopic (exact) mass is 425 g/mol. The van der Waals surface area contributed by atoms with Gasteiger partial charge in [-0.2, -0.15) is 0 Å². The summed E-state index contributed by atoms with van der Waals surface area (Å²) in [6.45, 7) is 5.33. The van der Waals surface area contributed by atoms with E-state index in [1.165, 1.54) is 39.7 Å². The molecule has 0 unspecified atom stereocenters. The topological polar surface area (TPSA) is 46.5 Å². The molecule has 0 saturated carbocycles. The highest BCUT2D eigenvalue weighted by Gasteiger charge is 2.30. The lowest BCUT2D eigenvalue weighted by Gasteiger charge is -2.38. The zero-order valence-electron chi connectivity index (χ0n) is 18.7. The predicted molar refractivity (Wildman–Crippen MR) is 128 cm³/mol. The van der Waals surface area contributed by atoms with Gasteiger partial charge in [0, 0.05) is 54.6 Å². The summed E-state index contributed by atoms with van der Waals surface area (Å²) in [6.07, 6.45) is 7.58. The van der Waals surface area contributed by atoms with E-state index in [-0.39, 0.29) is 5.56 Å². The second-order valence-corrected chi connectivity index (χ2v) is 9.66. The second kappa shape index (κ2) is 6.41. The molecule has 4 aliphatic rings. The molecule has 0 amide bonds. The van der Waals surface area contributed by atoms with Gasteiger partial charge in [-0.05, 0) is 79.6 Å². The summed E-state index contributed by atoms with van der Waals surface area (Å²) < 4.78 is 8.50. The van der Waals surface area contributed by atoms with Gasteiger partial charge in [-0.3, -0.25) is 4.79 Å². The molecular weight excluding hydrogens is 398 g/mol. The summed E-state index contributed by atoms with van der Waals surface area (Å²) >= 11 is 0. The molecule has 1 aromatic heterocycles. The lowest BCUT2D eigenvalue weighted by atomic mass is 9.88. The fourth-order valence-electron chi connectivity index (χ4n) is 6.24. The molecule has 32 heavy (non-hydrogen) atoms. The molecule has 0 fully saturated rings. The van der Waals surface area contributed by atoms with Gasteiger partial charge in [-0.1, -0.05) is 0 Å². The number of hydrogen-bond acceptors (Lipinski definition) is 4. The Morgan fingerprint density at radius 3 is 2.72 bits per heavy atom. The van der Waals surface area contributed by atoms with Crippen LogP contribution in [0.1, 0.15) is 42.0 Å². The van der Waals surface area contributed by atoms with Gasteiger partial charge >= 0.3 is 0 Å². The van der Waals surface area contributed by atoms with Crippen molar-refractivity contribution < 1.29 is 4.74 Å². The minimum atomic E-state index is 0.00696. The van der Waals surface area contributed by atoms with Crippen LogP contribution in [-0.4, -0.2) is 24.2 Å². The number of aryl methyl sites for hydroxylation is 2. The largest absolute Gasteiger partial charge is 0.455 e. The van der Waals surface area contributed by atoms with Gasteiger partial charge in [0.1, 0.15) is 11.5 Å². The number of ether oxygens (including phenoxy) is 1. The summed E-state index contributed by atoms with van der Waals surface area (Å²) in [5, 5.41) is 6.38. The Kier molecular flexibility index (Phi) is 3.68. The van der Waals surface area contributed by atoms with Crippen molar-refractivity contribution in [1.82, 2.24) is 9.88 Å². The smallest absolute Gasteiger partial charge is 0.261 e. The van der Waals surface area contributed by atoms with E-state index in [2.05, 4.69) is 41.4 Å². The van der Waals surface area contributed by atoms with Gasteiger partial charge in [-0.25, -0.2) is 0 Å². The molecule has 0 aliphatic carbocycles. The molecule has 4 aliphatic heterocycles. The minimum absolute atomic E-state index is 0.00696. The standard InChI is InChI=1S/C27H27N3O2/c1-15-20-14-23-21(12-16(20)7-8-28-15)26-22(27(31)29(23)2)13-18-11-17-5-3-9-30-10-4-6-19(24(17)30)25(18)32-26/h11-14,28H,3-10H2,1-2H3. The Morgan fingerprint density at radius 1 is 1.00 bits per heavy atom. The molecular formula is C27H27N3O2. The van der Waals surface area contributed by atoms with Crippen LogP contribution in [0.15, 0.2) is 23.0 Å². The van der Waals surface area contributed by atoms with E-state index in [0.717, 1.165) is 73.3 Å². The number of hydrogen-bond donors (Lipinski definition) is 1. The van der Waals surface area contributed by atoms with Crippen molar-refractivity contribution in [2.24, 2.45) is 7.05 Å². The van der Waals surface area contributed by atoms with Gasteiger partial charge < -0.3 is 19.5 Å². The van der Waals surface area contributed by atoms with E-state index in [1.54, 1.807) is 4.57 Å². The number of aromatic nitrogens is 1. The third kappa shape index (κ3) is 2.37. The van der Waals surface area contributed by atoms with E-state index < -0.39 is 0 Å². The van der Waals surface area contributed by atoms with Crippen molar-refractivity contribution in [2.45, 2.75) is 39.0 Å². The summed E-state index contributed by atoms with van der Waals surface area (Å²) in [5.74, 6) is 1.71.